The number of carboxylic acid groups (broad SMARTS) is 1. The number of ether oxygens (including phenoxy) is 3. The molecule has 5 heteroatoms. The zero-order valence-electron chi connectivity index (χ0n) is 14.2. The molecule has 0 aromatic heterocycles. The van der Waals surface area contributed by atoms with Crippen molar-refractivity contribution in [2.45, 2.75) is 32.0 Å². The second-order valence-electron chi connectivity index (χ2n) is 6.10. The van der Waals surface area contributed by atoms with Crippen LogP contribution in [0.2, 0.25) is 0 Å². The highest BCUT2D eigenvalue weighted by atomic mass is 16.5. The van der Waals surface area contributed by atoms with Crippen molar-refractivity contribution in [3.05, 3.63) is 59.2 Å². The molecule has 0 spiro atoms. The summed E-state index contributed by atoms with van der Waals surface area (Å²) in [7, 11) is 1.65. The number of methoxy groups -OCH3 is 1. The number of fused-ring (bicyclic) bond motifs is 1. The van der Waals surface area contributed by atoms with Crippen LogP contribution in [0, 0.1) is 0 Å². The van der Waals surface area contributed by atoms with E-state index in [0.29, 0.717) is 6.61 Å². The average molecular weight is 342 g/mol. The van der Waals surface area contributed by atoms with Gasteiger partial charge in [0.1, 0.15) is 24.7 Å². The average Bonchev–Trinajstić information content (AvgIpc) is 2.64. The minimum absolute atomic E-state index is 0.0241. The fraction of sp³-hybridized carbons (Fsp3) is 0.350. The van der Waals surface area contributed by atoms with Crippen LogP contribution < -0.4 is 9.47 Å². The molecule has 1 aliphatic carbocycles. The Morgan fingerprint density at radius 1 is 1.20 bits per heavy atom. The summed E-state index contributed by atoms with van der Waals surface area (Å²) in [5, 5.41) is 8.72. The molecule has 5 nitrogen and oxygen atoms in total. The van der Waals surface area contributed by atoms with E-state index >= 15 is 0 Å². The Morgan fingerprint density at radius 3 is 2.84 bits per heavy atom. The minimum atomic E-state index is -0.925. The molecule has 0 fully saturated rings. The van der Waals surface area contributed by atoms with E-state index in [9.17, 15) is 4.79 Å². The molecule has 0 saturated heterocycles. The molecule has 1 N–H and O–H groups in total. The van der Waals surface area contributed by atoms with Crippen LogP contribution in [-0.2, 0) is 29.0 Å². The predicted octanol–water partition coefficient (Wildman–Crippen LogP) is 3.23. The number of rotatable bonds is 7. The molecule has 0 saturated carbocycles. The molecular weight excluding hydrogens is 320 g/mol. The Bertz CT molecular complexity index is 741. The molecule has 2 aromatic rings. The molecule has 1 aliphatic rings. The molecule has 0 heterocycles. The van der Waals surface area contributed by atoms with Crippen LogP contribution in [0.3, 0.4) is 0 Å². The quantitative estimate of drug-likeness (QED) is 0.837. The van der Waals surface area contributed by atoms with Gasteiger partial charge >= 0.3 is 5.97 Å². The molecule has 2 aromatic carbocycles. The smallest absolute Gasteiger partial charge is 0.329 e. The van der Waals surface area contributed by atoms with Crippen LogP contribution in [0.25, 0.3) is 0 Å². The monoisotopic (exact) mass is 342 g/mol. The van der Waals surface area contributed by atoms with E-state index in [1.807, 2.05) is 36.4 Å². The van der Waals surface area contributed by atoms with Crippen molar-refractivity contribution in [3.63, 3.8) is 0 Å². The summed E-state index contributed by atoms with van der Waals surface area (Å²) in [6.45, 7) is 0.216. The number of aliphatic carboxylic acids is 1. The van der Waals surface area contributed by atoms with Gasteiger partial charge in [-0.2, -0.15) is 0 Å². The Labute approximate surface area is 147 Å². The summed E-state index contributed by atoms with van der Waals surface area (Å²) in [5.41, 5.74) is 3.45. The fourth-order valence-corrected chi connectivity index (χ4v) is 3.10. The van der Waals surface area contributed by atoms with Gasteiger partial charge in [0.15, 0.2) is 0 Å². The van der Waals surface area contributed by atoms with Gasteiger partial charge in [-0.15, -0.1) is 0 Å². The molecular formula is C20H22O5. The summed E-state index contributed by atoms with van der Waals surface area (Å²) >= 11 is 0. The Kier molecular flexibility index (Phi) is 5.56. The molecule has 1 atom stereocenters. The van der Waals surface area contributed by atoms with Crippen LogP contribution in [0.15, 0.2) is 42.5 Å². The first-order chi connectivity index (χ1) is 12.2. The number of hydrogen-bond donors (Lipinski definition) is 1. The zero-order chi connectivity index (χ0) is 17.6. The van der Waals surface area contributed by atoms with Gasteiger partial charge in [0.25, 0.3) is 0 Å². The highest BCUT2D eigenvalue weighted by Crippen LogP contribution is 2.28. The molecule has 0 amide bonds. The molecule has 3 rings (SSSR count). The SMILES string of the molecule is COc1ccccc1COc1ccc2c(c1)CCC(OCC(=O)O)C2. The van der Waals surface area contributed by atoms with Gasteiger partial charge in [0.05, 0.1) is 13.2 Å². The lowest BCUT2D eigenvalue weighted by atomic mass is 9.89. The Morgan fingerprint density at radius 2 is 2.04 bits per heavy atom. The van der Waals surface area contributed by atoms with Crippen LogP contribution in [0.1, 0.15) is 23.1 Å². The maximum atomic E-state index is 10.6. The molecule has 0 aliphatic heterocycles. The first kappa shape index (κ1) is 17.3. The first-order valence-electron chi connectivity index (χ1n) is 8.35. The third kappa shape index (κ3) is 4.51. The van der Waals surface area contributed by atoms with Crippen LogP contribution >= 0.6 is 0 Å². The molecule has 0 radical (unpaired) electrons. The summed E-state index contributed by atoms with van der Waals surface area (Å²) in [4.78, 5) is 10.6. The van der Waals surface area contributed by atoms with Crippen molar-refractivity contribution in [3.8, 4) is 11.5 Å². The summed E-state index contributed by atoms with van der Waals surface area (Å²) < 4.78 is 16.7. The van der Waals surface area contributed by atoms with Gasteiger partial charge < -0.3 is 19.3 Å². The molecule has 0 bridgehead atoms. The lowest BCUT2D eigenvalue weighted by molar-refractivity contribution is -0.144. The number of para-hydroxylation sites is 1. The standard InChI is InChI=1S/C20H22O5/c1-23-19-5-3-2-4-16(19)12-24-17-8-6-15-11-18(25-13-20(21)22)9-7-14(15)10-17/h2-6,8,10,18H,7,9,11-13H2,1H3,(H,21,22). The number of hydrogen-bond acceptors (Lipinski definition) is 4. The predicted molar refractivity (Wildman–Crippen MR) is 93.2 cm³/mol. The molecule has 1 unspecified atom stereocenters. The third-order valence-corrected chi connectivity index (χ3v) is 4.39. The number of carbonyl (C=O) groups is 1. The van der Waals surface area contributed by atoms with E-state index in [1.54, 1.807) is 7.11 Å². The van der Waals surface area contributed by atoms with Crippen molar-refractivity contribution in [2.75, 3.05) is 13.7 Å². The van der Waals surface area contributed by atoms with Gasteiger partial charge in [0.2, 0.25) is 0 Å². The second kappa shape index (κ2) is 8.03. The minimum Gasteiger partial charge on any atom is -0.496 e. The molecule has 25 heavy (non-hydrogen) atoms. The van der Waals surface area contributed by atoms with E-state index in [4.69, 9.17) is 19.3 Å². The van der Waals surface area contributed by atoms with E-state index in [1.165, 1.54) is 11.1 Å². The Hall–Kier alpha value is -2.53. The highest BCUT2D eigenvalue weighted by Gasteiger charge is 2.20. The summed E-state index contributed by atoms with van der Waals surface area (Å²) in [6, 6.07) is 13.9. The van der Waals surface area contributed by atoms with Crippen molar-refractivity contribution in [1.82, 2.24) is 0 Å². The lowest BCUT2D eigenvalue weighted by Gasteiger charge is -2.24. The maximum Gasteiger partial charge on any atom is 0.329 e. The largest absolute Gasteiger partial charge is 0.496 e. The van der Waals surface area contributed by atoms with E-state index < -0.39 is 5.97 Å². The van der Waals surface area contributed by atoms with Crippen molar-refractivity contribution < 1.29 is 24.1 Å². The molecule has 132 valence electrons. The number of carboxylic acids is 1. The van der Waals surface area contributed by atoms with E-state index in [2.05, 4.69) is 6.07 Å². The van der Waals surface area contributed by atoms with Crippen LogP contribution in [0.5, 0.6) is 11.5 Å². The lowest BCUT2D eigenvalue weighted by Crippen LogP contribution is -2.25. The van der Waals surface area contributed by atoms with Crippen LogP contribution in [-0.4, -0.2) is 30.9 Å². The second-order valence-corrected chi connectivity index (χ2v) is 6.10. The van der Waals surface area contributed by atoms with Gasteiger partial charge in [-0.25, -0.2) is 4.79 Å². The van der Waals surface area contributed by atoms with Crippen molar-refractivity contribution >= 4 is 5.97 Å². The fourth-order valence-electron chi connectivity index (χ4n) is 3.10. The van der Waals surface area contributed by atoms with Crippen molar-refractivity contribution in [1.29, 1.82) is 0 Å². The van der Waals surface area contributed by atoms with Gasteiger partial charge in [0, 0.05) is 5.56 Å². The zero-order valence-corrected chi connectivity index (χ0v) is 14.2. The topological polar surface area (TPSA) is 65.0 Å². The first-order valence-corrected chi connectivity index (χ1v) is 8.35. The van der Waals surface area contributed by atoms with E-state index in [0.717, 1.165) is 36.3 Å². The number of benzene rings is 2. The van der Waals surface area contributed by atoms with Gasteiger partial charge in [-0.1, -0.05) is 24.3 Å². The normalized spacial score (nSPS) is 16.1. The highest BCUT2D eigenvalue weighted by molar-refractivity contribution is 5.68. The van der Waals surface area contributed by atoms with Gasteiger partial charge in [-0.05, 0) is 48.6 Å². The van der Waals surface area contributed by atoms with Crippen LogP contribution in [0.4, 0.5) is 0 Å². The third-order valence-electron chi connectivity index (χ3n) is 4.39. The van der Waals surface area contributed by atoms with Crippen molar-refractivity contribution in [2.24, 2.45) is 0 Å². The summed E-state index contributed by atoms with van der Waals surface area (Å²) in [5.74, 6) is 0.722. The van der Waals surface area contributed by atoms with E-state index in [-0.39, 0.29) is 12.7 Å². The van der Waals surface area contributed by atoms with Gasteiger partial charge in [-0.3, -0.25) is 0 Å². The maximum absolute atomic E-state index is 10.6. The summed E-state index contributed by atoms with van der Waals surface area (Å²) in [6.07, 6.45) is 2.42. The Balaban J connectivity index is 1.61. The number of aryl methyl sites for hydroxylation is 1.